The first-order valence-corrected chi connectivity index (χ1v) is 6.18. The fraction of sp³-hybridized carbons (Fsp3) is 0.385. The summed E-state index contributed by atoms with van der Waals surface area (Å²) in [5.41, 5.74) is 1.26. The first-order valence-electron chi connectivity index (χ1n) is 5.80. The number of benzene rings is 1. The Balaban J connectivity index is 1.99. The largest absolute Gasteiger partial charge is 0.365 e. The molecule has 18 heavy (non-hydrogen) atoms. The van der Waals surface area contributed by atoms with Crippen LogP contribution in [0.2, 0.25) is 5.02 Å². The van der Waals surface area contributed by atoms with Crippen molar-refractivity contribution >= 4 is 23.2 Å². The molecule has 0 radical (unpaired) electrons. The van der Waals surface area contributed by atoms with E-state index in [1.54, 1.807) is 18.2 Å². The molecule has 5 heteroatoms. The summed E-state index contributed by atoms with van der Waals surface area (Å²) in [5.74, 6) is 0.0143. The number of nitriles is 1. The lowest BCUT2D eigenvalue weighted by molar-refractivity contribution is -0.119. The molecule has 94 valence electrons. The van der Waals surface area contributed by atoms with Gasteiger partial charge >= 0.3 is 0 Å². The van der Waals surface area contributed by atoms with Crippen LogP contribution in [0, 0.1) is 11.3 Å². The zero-order chi connectivity index (χ0) is 13.1. The van der Waals surface area contributed by atoms with Gasteiger partial charge in [0.05, 0.1) is 17.1 Å². The van der Waals surface area contributed by atoms with Crippen LogP contribution in [0.4, 0.5) is 5.69 Å². The molecule has 0 heterocycles. The minimum atomic E-state index is 0.0143. The van der Waals surface area contributed by atoms with Crippen LogP contribution in [0.15, 0.2) is 18.2 Å². The lowest BCUT2D eigenvalue weighted by Crippen LogP contribution is -2.36. The van der Waals surface area contributed by atoms with Crippen LogP contribution in [0.25, 0.3) is 0 Å². The van der Waals surface area contributed by atoms with Crippen molar-refractivity contribution in [3.8, 4) is 6.07 Å². The molecule has 1 N–H and O–H groups in total. The number of nitrogens with zero attached hydrogens (tertiary/aromatic N) is 2. The number of likely N-dealkylation sites (N-methyl/N-ethyl adjacent to an activating group) is 1. The normalized spacial score (nSPS) is 13.8. The van der Waals surface area contributed by atoms with E-state index in [9.17, 15) is 4.79 Å². The van der Waals surface area contributed by atoms with Gasteiger partial charge in [0.2, 0.25) is 5.91 Å². The Bertz CT molecular complexity index is 505. The van der Waals surface area contributed by atoms with Crippen molar-refractivity contribution in [2.24, 2.45) is 0 Å². The smallest absolute Gasteiger partial charge is 0.239 e. The minimum Gasteiger partial charge on any atom is -0.365 e. The molecule has 0 bridgehead atoms. The fourth-order valence-electron chi connectivity index (χ4n) is 1.64. The first-order chi connectivity index (χ1) is 8.60. The predicted molar refractivity (Wildman–Crippen MR) is 70.6 cm³/mol. The molecule has 2 rings (SSSR count). The summed E-state index contributed by atoms with van der Waals surface area (Å²) in [5, 5.41) is 12.1. The standard InChI is InChI=1S/C13H14ClN3O/c1-17(8-13(18)16-10-3-4-10)11-5-2-9(7-15)12(14)6-11/h2,5-6,10H,3-4,8H2,1H3,(H,16,18). The number of halogens is 1. The van der Waals surface area contributed by atoms with E-state index in [1.165, 1.54) is 0 Å². The number of rotatable bonds is 4. The third kappa shape index (κ3) is 3.14. The van der Waals surface area contributed by atoms with E-state index >= 15 is 0 Å². The lowest BCUT2D eigenvalue weighted by atomic mass is 10.2. The van der Waals surface area contributed by atoms with E-state index < -0.39 is 0 Å². The summed E-state index contributed by atoms with van der Waals surface area (Å²) < 4.78 is 0. The Hall–Kier alpha value is -1.73. The molecule has 4 nitrogen and oxygen atoms in total. The van der Waals surface area contributed by atoms with Crippen LogP contribution in [-0.2, 0) is 4.79 Å². The summed E-state index contributed by atoms with van der Waals surface area (Å²) in [6.45, 7) is 0.290. The van der Waals surface area contributed by atoms with Crippen LogP contribution in [0.1, 0.15) is 18.4 Å². The highest BCUT2D eigenvalue weighted by molar-refractivity contribution is 6.32. The number of amides is 1. The molecule has 0 unspecified atom stereocenters. The second kappa shape index (κ2) is 5.28. The maximum Gasteiger partial charge on any atom is 0.239 e. The Kier molecular flexibility index (Phi) is 3.73. The van der Waals surface area contributed by atoms with Crippen LogP contribution in [-0.4, -0.2) is 25.5 Å². The summed E-state index contributed by atoms with van der Waals surface area (Å²) in [7, 11) is 1.82. The van der Waals surface area contributed by atoms with Crippen molar-refractivity contribution in [3.05, 3.63) is 28.8 Å². The number of carbonyl (C=O) groups is 1. The fourth-order valence-corrected chi connectivity index (χ4v) is 1.86. The second-order valence-electron chi connectivity index (χ2n) is 4.47. The summed E-state index contributed by atoms with van der Waals surface area (Å²) >= 11 is 5.95. The van der Waals surface area contributed by atoms with Crippen molar-refractivity contribution in [2.75, 3.05) is 18.5 Å². The van der Waals surface area contributed by atoms with E-state index in [4.69, 9.17) is 16.9 Å². The van der Waals surface area contributed by atoms with E-state index in [0.717, 1.165) is 18.5 Å². The molecular weight excluding hydrogens is 250 g/mol. The molecule has 1 aromatic rings. The van der Waals surface area contributed by atoms with Gasteiger partial charge in [0.1, 0.15) is 6.07 Å². The number of hydrogen-bond acceptors (Lipinski definition) is 3. The highest BCUT2D eigenvalue weighted by Gasteiger charge is 2.23. The van der Waals surface area contributed by atoms with Crippen molar-refractivity contribution in [1.29, 1.82) is 5.26 Å². The van der Waals surface area contributed by atoms with Crippen LogP contribution < -0.4 is 10.2 Å². The van der Waals surface area contributed by atoms with Crippen LogP contribution in [0.5, 0.6) is 0 Å². The van der Waals surface area contributed by atoms with Gasteiger partial charge in [-0.3, -0.25) is 4.79 Å². The maximum atomic E-state index is 11.6. The van der Waals surface area contributed by atoms with Crippen LogP contribution in [0.3, 0.4) is 0 Å². The molecule has 0 spiro atoms. The van der Waals surface area contributed by atoms with Crippen molar-refractivity contribution < 1.29 is 4.79 Å². The lowest BCUT2D eigenvalue weighted by Gasteiger charge is -2.19. The van der Waals surface area contributed by atoms with Gasteiger partial charge in [-0.1, -0.05) is 11.6 Å². The van der Waals surface area contributed by atoms with Gasteiger partial charge in [0, 0.05) is 18.8 Å². The van der Waals surface area contributed by atoms with Crippen LogP contribution >= 0.6 is 11.6 Å². The third-order valence-corrected chi connectivity index (χ3v) is 3.15. The van der Waals surface area contributed by atoms with Gasteiger partial charge in [-0.25, -0.2) is 0 Å². The van der Waals surface area contributed by atoms with E-state index in [-0.39, 0.29) is 5.91 Å². The summed E-state index contributed by atoms with van der Waals surface area (Å²) in [6.07, 6.45) is 2.16. The molecule has 0 saturated heterocycles. The van der Waals surface area contributed by atoms with E-state index in [1.807, 2.05) is 18.0 Å². The quantitative estimate of drug-likeness (QED) is 0.903. The molecule has 1 amide bonds. The average Bonchev–Trinajstić information content (AvgIpc) is 3.12. The zero-order valence-electron chi connectivity index (χ0n) is 10.1. The minimum absolute atomic E-state index is 0.0143. The van der Waals surface area contributed by atoms with Gasteiger partial charge in [0.15, 0.2) is 0 Å². The summed E-state index contributed by atoms with van der Waals surface area (Å²) in [6, 6.07) is 7.52. The first kappa shape index (κ1) is 12.7. The molecule has 0 atom stereocenters. The molecule has 1 fully saturated rings. The number of anilines is 1. The van der Waals surface area contributed by atoms with Gasteiger partial charge < -0.3 is 10.2 Å². The maximum absolute atomic E-state index is 11.6. The van der Waals surface area contributed by atoms with Gasteiger partial charge in [-0.05, 0) is 31.0 Å². The molecule has 1 saturated carbocycles. The van der Waals surface area contributed by atoms with Crippen molar-refractivity contribution in [1.82, 2.24) is 5.32 Å². The topological polar surface area (TPSA) is 56.1 Å². The van der Waals surface area contributed by atoms with Gasteiger partial charge in [0.25, 0.3) is 0 Å². The van der Waals surface area contributed by atoms with E-state index in [2.05, 4.69) is 5.32 Å². The number of nitrogens with one attached hydrogen (secondary N) is 1. The monoisotopic (exact) mass is 263 g/mol. The molecule has 1 aliphatic rings. The number of hydrogen-bond donors (Lipinski definition) is 1. The van der Waals surface area contributed by atoms with Crippen molar-refractivity contribution in [3.63, 3.8) is 0 Å². The third-order valence-electron chi connectivity index (χ3n) is 2.84. The second-order valence-corrected chi connectivity index (χ2v) is 4.88. The van der Waals surface area contributed by atoms with Gasteiger partial charge in [-0.2, -0.15) is 5.26 Å². The molecule has 1 aliphatic carbocycles. The highest BCUT2D eigenvalue weighted by Crippen LogP contribution is 2.22. The molecule has 0 aromatic heterocycles. The summed E-state index contributed by atoms with van der Waals surface area (Å²) in [4.78, 5) is 13.5. The Morgan fingerprint density at radius 3 is 2.89 bits per heavy atom. The van der Waals surface area contributed by atoms with Gasteiger partial charge in [-0.15, -0.1) is 0 Å². The average molecular weight is 264 g/mol. The Morgan fingerprint density at radius 1 is 1.61 bits per heavy atom. The Morgan fingerprint density at radius 2 is 2.33 bits per heavy atom. The zero-order valence-corrected chi connectivity index (χ0v) is 10.9. The van der Waals surface area contributed by atoms with Crippen molar-refractivity contribution in [2.45, 2.75) is 18.9 Å². The highest BCUT2D eigenvalue weighted by atomic mass is 35.5. The predicted octanol–water partition coefficient (Wildman–Crippen LogP) is 1.93. The molecule has 1 aromatic carbocycles. The SMILES string of the molecule is CN(CC(=O)NC1CC1)c1ccc(C#N)c(Cl)c1. The van der Waals surface area contributed by atoms with E-state index in [0.29, 0.717) is 23.2 Å². The molecule has 0 aliphatic heterocycles. The molecular formula is C13H14ClN3O. The number of carbonyl (C=O) groups excluding carboxylic acids is 1. The Labute approximate surface area is 111 Å².